The van der Waals surface area contributed by atoms with Gasteiger partial charge in [-0.3, -0.25) is 9.88 Å². The van der Waals surface area contributed by atoms with Crippen molar-refractivity contribution in [2.24, 2.45) is 0 Å². The lowest BCUT2D eigenvalue weighted by Crippen LogP contribution is -2.52. The largest absolute Gasteiger partial charge is 0.371 e. The molecule has 8 rings (SSSR count). The molecule has 10 heteroatoms. The van der Waals surface area contributed by atoms with Gasteiger partial charge in [0.2, 0.25) is 5.95 Å². The van der Waals surface area contributed by atoms with E-state index in [1.54, 1.807) is 32.2 Å². The Labute approximate surface area is 267 Å². The van der Waals surface area contributed by atoms with Crippen LogP contribution in [0.1, 0.15) is 50.7 Å². The monoisotopic (exact) mass is 619 g/mol. The molecule has 4 aromatic rings. The van der Waals surface area contributed by atoms with Crippen molar-refractivity contribution in [1.82, 2.24) is 19.9 Å². The molecule has 0 amide bonds. The van der Waals surface area contributed by atoms with Crippen LogP contribution in [0.2, 0.25) is 0 Å². The third kappa shape index (κ3) is 4.50. The molecule has 6 heterocycles. The lowest BCUT2D eigenvalue weighted by Gasteiger charge is -2.39. The molecular formula is C36H35F2N7O. The molecule has 0 radical (unpaired) electrons. The van der Waals surface area contributed by atoms with Crippen molar-refractivity contribution in [1.29, 1.82) is 5.26 Å². The molecule has 0 aliphatic carbocycles. The number of hydrogen-bond acceptors (Lipinski definition) is 8. The van der Waals surface area contributed by atoms with E-state index in [-0.39, 0.29) is 29.0 Å². The Hall–Kier alpha value is -4.38. The molecule has 2 aromatic carbocycles. The number of nitrogens with zero attached hydrogens (tertiary/aromatic N) is 7. The molecule has 0 saturated carbocycles. The summed E-state index contributed by atoms with van der Waals surface area (Å²) in [7, 11) is 2.17. The second-order valence-corrected chi connectivity index (χ2v) is 13.8. The van der Waals surface area contributed by atoms with Crippen LogP contribution in [0.25, 0.3) is 32.9 Å². The molecular weight excluding hydrogens is 584 g/mol. The number of ether oxygens (including phenoxy) is 1. The van der Waals surface area contributed by atoms with Gasteiger partial charge in [-0.2, -0.15) is 10.2 Å². The Kier molecular flexibility index (Phi) is 6.68. The zero-order chi connectivity index (χ0) is 31.9. The Morgan fingerprint density at radius 3 is 2.37 bits per heavy atom. The van der Waals surface area contributed by atoms with Crippen LogP contribution in [0.5, 0.6) is 0 Å². The molecule has 234 valence electrons. The van der Waals surface area contributed by atoms with Gasteiger partial charge in [0.25, 0.3) is 0 Å². The number of likely N-dealkylation sites (N-methyl/N-ethyl adjacent to an activating group) is 1. The number of terminal acetylenes is 1. The highest BCUT2D eigenvalue weighted by atomic mass is 19.1. The molecule has 4 fully saturated rings. The van der Waals surface area contributed by atoms with Gasteiger partial charge in [-0.15, -0.1) is 6.42 Å². The fraction of sp³-hybridized carbons (Fsp3) is 0.444. The van der Waals surface area contributed by atoms with E-state index in [2.05, 4.69) is 38.7 Å². The first-order chi connectivity index (χ1) is 22.1. The number of benzene rings is 2. The standard InChI is InChI=1S/C36H35F2N7O/c1-5-26-29(37)11-6-20-12-21(36(2,3)19-39)13-27(30(20)26)32-31(38)33-28(14-40-32)34(44-17-24-9-10-25(18-44)46-24)42-35(41-33)45-15-22-7-8-23(16-45)43(22)4/h1,6,11-14,22-25H,7-10,15-18H2,2-4H3/t22?,23?,24-,25+. The molecule has 2 aromatic heterocycles. The molecule has 46 heavy (non-hydrogen) atoms. The number of aromatic nitrogens is 3. The van der Waals surface area contributed by atoms with Gasteiger partial charge >= 0.3 is 0 Å². The Bertz CT molecular complexity index is 1970. The Morgan fingerprint density at radius 1 is 0.978 bits per heavy atom. The van der Waals surface area contributed by atoms with Crippen LogP contribution in [-0.4, -0.2) is 77.4 Å². The smallest absolute Gasteiger partial charge is 0.228 e. The van der Waals surface area contributed by atoms with Crippen molar-refractivity contribution < 1.29 is 13.5 Å². The summed E-state index contributed by atoms with van der Waals surface area (Å²) >= 11 is 0. The predicted molar refractivity (Wildman–Crippen MR) is 174 cm³/mol. The quantitative estimate of drug-likeness (QED) is 0.275. The summed E-state index contributed by atoms with van der Waals surface area (Å²) in [5, 5.41) is 11.5. The van der Waals surface area contributed by atoms with Crippen LogP contribution < -0.4 is 9.80 Å². The van der Waals surface area contributed by atoms with Gasteiger partial charge < -0.3 is 14.5 Å². The molecule has 0 N–H and O–H groups in total. The van der Waals surface area contributed by atoms with Gasteiger partial charge in [-0.05, 0) is 75.7 Å². The maximum absolute atomic E-state index is 17.2. The van der Waals surface area contributed by atoms with Crippen molar-refractivity contribution in [2.75, 3.05) is 43.0 Å². The summed E-state index contributed by atoms with van der Waals surface area (Å²) in [4.78, 5) is 21.5. The molecule has 0 spiro atoms. The Morgan fingerprint density at radius 2 is 1.70 bits per heavy atom. The van der Waals surface area contributed by atoms with E-state index >= 15 is 8.78 Å². The normalized spacial score (nSPS) is 24.5. The minimum atomic E-state index is -0.903. The lowest BCUT2D eigenvalue weighted by molar-refractivity contribution is 0.0303. The number of piperazine rings is 1. The minimum Gasteiger partial charge on any atom is -0.371 e. The first-order valence-electron chi connectivity index (χ1n) is 16.0. The fourth-order valence-corrected chi connectivity index (χ4v) is 7.86. The van der Waals surface area contributed by atoms with Crippen molar-refractivity contribution >= 4 is 33.4 Å². The number of fused-ring (bicyclic) bond motifs is 6. The number of hydrogen-bond donors (Lipinski definition) is 0. The molecule has 4 saturated heterocycles. The topological polar surface area (TPSA) is 81.4 Å². The van der Waals surface area contributed by atoms with Crippen LogP contribution in [-0.2, 0) is 10.2 Å². The lowest BCUT2D eigenvalue weighted by atomic mass is 9.82. The summed E-state index contributed by atoms with van der Waals surface area (Å²) < 4.78 is 38.4. The zero-order valence-electron chi connectivity index (χ0n) is 26.2. The summed E-state index contributed by atoms with van der Waals surface area (Å²) in [5.74, 6) is 2.42. The van der Waals surface area contributed by atoms with Crippen molar-refractivity contribution in [2.45, 2.75) is 69.2 Å². The summed E-state index contributed by atoms with van der Waals surface area (Å²) in [5.41, 5.74) is 0.259. The van der Waals surface area contributed by atoms with Gasteiger partial charge in [0.15, 0.2) is 5.82 Å². The maximum Gasteiger partial charge on any atom is 0.228 e. The van der Waals surface area contributed by atoms with E-state index in [1.807, 2.05) is 6.07 Å². The van der Waals surface area contributed by atoms with Gasteiger partial charge in [0.05, 0.1) is 34.6 Å². The number of nitriles is 1. The van der Waals surface area contributed by atoms with E-state index in [0.717, 1.165) is 38.8 Å². The SMILES string of the molecule is C#Cc1c(F)ccc2cc(C(C)(C)C#N)cc(-c3ncc4c(N5C[C@H]6CC[C@@H](C5)O6)nc(N5CC6CCC(C5)N6C)nc4c3F)c12. The first-order valence-corrected chi connectivity index (χ1v) is 16.0. The summed E-state index contributed by atoms with van der Waals surface area (Å²) in [6, 6.07) is 9.56. The summed E-state index contributed by atoms with van der Waals surface area (Å²) in [6.45, 7) is 6.45. The van der Waals surface area contributed by atoms with Gasteiger partial charge in [0.1, 0.15) is 22.8 Å². The highest BCUT2D eigenvalue weighted by Crippen LogP contribution is 2.41. The molecule has 4 aliphatic heterocycles. The van der Waals surface area contributed by atoms with Gasteiger partial charge in [0, 0.05) is 55.4 Å². The molecule has 4 bridgehead atoms. The maximum atomic E-state index is 17.2. The van der Waals surface area contributed by atoms with E-state index in [1.165, 1.54) is 6.07 Å². The summed E-state index contributed by atoms with van der Waals surface area (Å²) in [6.07, 6.45) is 11.9. The predicted octanol–water partition coefficient (Wildman–Crippen LogP) is 5.56. The van der Waals surface area contributed by atoms with Crippen LogP contribution in [0.3, 0.4) is 0 Å². The van der Waals surface area contributed by atoms with E-state index < -0.39 is 17.0 Å². The van der Waals surface area contributed by atoms with Crippen LogP contribution in [0.4, 0.5) is 20.5 Å². The van der Waals surface area contributed by atoms with Crippen LogP contribution >= 0.6 is 0 Å². The fourth-order valence-electron chi connectivity index (χ4n) is 7.86. The molecule has 4 aliphatic rings. The first kappa shape index (κ1) is 29.1. The van der Waals surface area contributed by atoms with Crippen LogP contribution in [0.15, 0.2) is 30.5 Å². The van der Waals surface area contributed by atoms with E-state index in [0.29, 0.717) is 64.2 Å². The minimum absolute atomic E-state index is 0.00582. The van der Waals surface area contributed by atoms with E-state index in [4.69, 9.17) is 21.1 Å². The Balaban J connectivity index is 1.36. The third-order valence-corrected chi connectivity index (χ3v) is 10.6. The zero-order valence-corrected chi connectivity index (χ0v) is 26.2. The molecule has 8 nitrogen and oxygen atoms in total. The van der Waals surface area contributed by atoms with Gasteiger partial charge in [-0.1, -0.05) is 12.0 Å². The average Bonchev–Trinajstić information content (AvgIpc) is 3.48. The molecule has 4 atom stereocenters. The number of anilines is 2. The average molecular weight is 620 g/mol. The highest BCUT2D eigenvalue weighted by molar-refractivity contribution is 6.03. The highest BCUT2D eigenvalue weighted by Gasteiger charge is 2.40. The number of pyridine rings is 1. The van der Waals surface area contributed by atoms with Gasteiger partial charge in [-0.25, -0.2) is 13.8 Å². The second kappa shape index (κ2) is 10.6. The molecule has 2 unspecified atom stereocenters. The van der Waals surface area contributed by atoms with E-state index in [9.17, 15) is 5.26 Å². The van der Waals surface area contributed by atoms with Crippen molar-refractivity contribution in [3.8, 4) is 29.7 Å². The van der Waals surface area contributed by atoms with Crippen LogP contribution in [0, 0.1) is 35.3 Å². The van der Waals surface area contributed by atoms with Crippen molar-refractivity contribution in [3.05, 3.63) is 53.2 Å². The second-order valence-electron chi connectivity index (χ2n) is 13.8. The number of halogens is 2. The third-order valence-electron chi connectivity index (χ3n) is 10.6. The number of morpholine rings is 1. The van der Waals surface area contributed by atoms with Crippen molar-refractivity contribution in [3.63, 3.8) is 0 Å². The number of rotatable bonds is 4.